The van der Waals surface area contributed by atoms with Gasteiger partial charge in [0.25, 0.3) is 0 Å². The second-order valence-electron chi connectivity index (χ2n) is 9.99. The van der Waals surface area contributed by atoms with Crippen LogP contribution in [-0.4, -0.2) is 38.9 Å². The molecular weight excluding hydrogens is 448 g/mol. The van der Waals surface area contributed by atoms with Gasteiger partial charge in [0.1, 0.15) is 5.75 Å². The van der Waals surface area contributed by atoms with Gasteiger partial charge in [0, 0.05) is 30.8 Å². The molecule has 0 saturated heterocycles. The molecule has 0 fully saturated rings. The molecule has 196 valence electrons. The van der Waals surface area contributed by atoms with E-state index in [2.05, 4.69) is 42.9 Å². The Morgan fingerprint density at radius 1 is 0.829 bits per heavy atom. The summed E-state index contributed by atoms with van der Waals surface area (Å²) in [6.07, 6.45) is 20.5. The normalized spacial score (nSPS) is 12.4. The Morgan fingerprint density at radius 2 is 1.51 bits per heavy atom. The van der Waals surface area contributed by atoms with E-state index in [1.54, 1.807) is 0 Å². The Labute approximate surface area is 217 Å². The summed E-state index contributed by atoms with van der Waals surface area (Å²) in [5.41, 5.74) is 2.28. The molecule has 0 aliphatic heterocycles. The van der Waals surface area contributed by atoms with Gasteiger partial charge in [0.2, 0.25) is 0 Å². The molecule has 0 radical (unpaired) electrons. The molecule has 0 saturated carbocycles. The number of aryl methyl sites for hydroxylation is 1. The van der Waals surface area contributed by atoms with E-state index in [0.717, 1.165) is 55.0 Å². The van der Waals surface area contributed by atoms with Gasteiger partial charge in [-0.15, -0.1) is 0 Å². The van der Waals surface area contributed by atoms with Crippen LogP contribution in [0.5, 0.6) is 5.75 Å². The summed E-state index contributed by atoms with van der Waals surface area (Å²) < 4.78 is 11.7. The third-order valence-electron chi connectivity index (χ3n) is 6.77. The largest absolute Gasteiger partial charge is 0.494 e. The summed E-state index contributed by atoms with van der Waals surface area (Å²) in [5.74, 6) is 2.53. The monoisotopic (exact) mass is 498 g/mol. The van der Waals surface area contributed by atoms with Crippen LogP contribution in [0.1, 0.15) is 97.0 Å². The van der Waals surface area contributed by atoms with Crippen LogP contribution < -0.4 is 4.74 Å². The first-order chi connectivity index (χ1) is 17.2. The molecule has 1 unspecified atom stereocenters. The minimum Gasteiger partial charge on any atom is -0.494 e. The molecule has 35 heavy (non-hydrogen) atoms. The van der Waals surface area contributed by atoms with E-state index >= 15 is 0 Å². The first-order valence-corrected chi connectivity index (χ1v) is 16.3. The minimum atomic E-state index is -0.192. The molecule has 0 aliphatic rings. The zero-order chi connectivity index (χ0) is 25.0. The van der Waals surface area contributed by atoms with Crippen molar-refractivity contribution in [3.05, 3.63) is 42.2 Å². The lowest BCUT2D eigenvalue weighted by atomic mass is 10.0. The highest BCUT2D eigenvalue weighted by molar-refractivity contribution is 6.35. The average Bonchev–Trinajstić information content (AvgIpc) is 2.90. The molecule has 2 aromatic rings. The van der Waals surface area contributed by atoms with Crippen molar-refractivity contribution in [1.82, 2.24) is 9.97 Å². The maximum atomic E-state index is 5.92. The number of unbranched alkanes of at least 4 members (excludes halogenated alkanes) is 7. The van der Waals surface area contributed by atoms with E-state index < -0.39 is 0 Å². The van der Waals surface area contributed by atoms with Crippen molar-refractivity contribution in [3.63, 3.8) is 0 Å². The van der Waals surface area contributed by atoms with Crippen molar-refractivity contribution in [1.29, 1.82) is 0 Å². The molecule has 2 rings (SSSR count). The van der Waals surface area contributed by atoms with E-state index in [0.29, 0.717) is 0 Å². The van der Waals surface area contributed by atoms with Gasteiger partial charge in [0.15, 0.2) is 5.82 Å². The van der Waals surface area contributed by atoms with Gasteiger partial charge in [-0.3, -0.25) is 0 Å². The molecule has 1 heterocycles. The van der Waals surface area contributed by atoms with Gasteiger partial charge in [0.05, 0.1) is 16.1 Å². The van der Waals surface area contributed by atoms with E-state index in [9.17, 15) is 0 Å². The highest BCUT2D eigenvalue weighted by atomic mass is 28.2. The molecular formula is C30H50N2O2Si. The van der Waals surface area contributed by atoms with E-state index in [1.165, 1.54) is 76.2 Å². The average molecular weight is 499 g/mol. The number of aromatic nitrogens is 2. The molecule has 0 amide bonds. The fourth-order valence-corrected chi connectivity index (χ4v) is 5.09. The van der Waals surface area contributed by atoms with Crippen LogP contribution in [-0.2, 0) is 11.2 Å². The lowest BCUT2D eigenvalue weighted by molar-refractivity contribution is 0.167. The van der Waals surface area contributed by atoms with E-state index in [-0.39, 0.29) is 9.52 Å². The van der Waals surface area contributed by atoms with Crippen LogP contribution in [0.3, 0.4) is 0 Å². The molecule has 1 aromatic carbocycles. The first kappa shape index (κ1) is 29.5. The Balaban J connectivity index is 1.56. The molecule has 0 bridgehead atoms. The summed E-state index contributed by atoms with van der Waals surface area (Å²) in [6.45, 7) is 8.55. The number of hydrogen-bond donors (Lipinski definition) is 0. The summed E-state index contributed by atoms with van der Waals surface area (Å²) in [5, 5.41) is 0. The quantitative estimate of drug-likeness (QED) is 0.131. The molecule has 0 spiro atoms. The van der Waals surface area contributed by atoms with E-state index in [4.69, 9.17) is 9.47 Å². The fourth-order valence-electron chi connectivity index (χ4n) is 4.13. The highest BCUT2D eigenvalue weighted by Crippen LogP contribution is 2.20. The van der Waals surface area contributed by atoms with Crippen molar-refractivity contribution in [3.8, 4) is 17.1 Å². The zero-order valence-corrected chi connectivity index (χ0v) is 24.2. The second kappa shape index (κ2) is 19.5. The van der Waals surface area contributed by atoms with E-state index in [1.807, 2.05) is 24.5 Å². The van der Waals surface area contributed by atoms with Gasteiger partial charge in [-0.1, -0.05) is 72.1 Å². The zero-order valence-electron chi connectivity index (χ0n) is 22.8. The predicted octanol–water partition coefficient (Wildman–Crippen LogP) is 7.59. The molecule has 4 nitrogen and oxygen atoms in total. The first-order valence-electron chi connectivity index (χ1n) is 14.3. The predicted molar refractivity (Wildman–Crippen MR) is 152 cm³/mol. The van der Waals surface area contributed by atoms with Crippen molar-refractivity contribution >= 4 is 9.52 Å². The topological polar surface area (TPSA) is 44.2 Å². The standard InChI is InChI=1S/C30H50N2O2Si/c1-4-6-7-8-9-10-11-12-15-27-23-31-30(32-24-27)28-16-18-29(19-17-28)34-21-22-35-25-33-20-13-14-26(3)5-2/h16-19,23-24,26H,4-15,20-22,25,35H2,1-3H3. The van der Waals surface area contributed by atoms with Crippen molar-refractivity contribution < 1.29 is 9.47 Å². The Kier molecular flexibility index (Phi) is 16.4. The highest BCUT2D eigenvalue weighted by Gasteiger charge is 2.04. The maximum Gasteiger partial charge on any atom is 0.159 e. The van der Waals surface area contributed by atoms with Crippen molar-refractivity contribution in [2.24, 2.45) is 5.92 Å². The van der Waals surface area contributed by atoms with Gasteiger partial charge in [-0.25, -0.2) is 9.97 Å². The Bertz CT molecular complexity index is 752. The van der Waals surface area contributed by atoms with Crippen molar-refractivity contribution in [2.45, 2.75) is 104 Å². The van der Waals surface area contributed by atoms with Gasteiger partial charge in [-0.2, -0.15) is 0 Å². The SMILES string of the molecule is CCCCCCCCCCc1cnc(-c2ccc(OCC[SiH2]COCCCC(C)CC)cc2)nc1. The third kappa shape index (κ3) is 13.8. The Hall–Kier alpha value is -1.72. The number of benzene rings is 1. The second-order valence-corrected chi connectivity index (χ2v) is 11.8. The summed E-state index contributed by atoms with van der Waals surface area (Å²) in [6, 6.07) is 9.32. The van der Waals surface area contributed by atoms with Crippen LogP contribution in [0, 0.1) is 5.92 Å². The number of ether oxygens (including phenoxy) is 2. The lowest BCUT2D eigenvalue weighted by Crippen LogP contribution is -2.09. The number of hydrogen-bond acceptors (Lipinski definition) is 4. The third-order valence-corrected chi connectivity index (χ3v) is 8.14. The summed E-state index contributed by atoms with van der Waals surface area (Å²) >= 11 is 0. The van der Waals surface area contributed by atoms with Gasteiger partial charge < -0.3 is 9.47 Å². The van der Waals surface area contributed by atoms with Crippen LogP contribution in [0.2, 0.25) is 6.04 Å². The number of rotatable bonds is 21. The molecule has 1 aromatic heterocycles. The minimum absolute atomic E-state index is 0.192. The van der Waals surface area contributed by atoms with Crippen LogP contribution >= 0.6 is 0 Å². The molecule has 0 aliphatic carbocycles. The summed E-state index contributed by atoms with van der Waals surface area (Å²) in [7, 11) is -0.192. The van der Waals surface area contributed by atoms with Gasteiger partial charge in [-0.05, 0) is 67.5 Å². The fraction of sp³-hybridized carbons (Fsp3) is 0.667. The van der Waals surface area contributed by atoms with Crippen LogP contribution in [0.4, 0.5) is 0 Å². The molecule has 1 atom stereocenters. The van der Waals surface area contributed by atoms with Crippen LogP contribution in [0.25, 0.3) is 11.4 Å². The van der Waals surface area contributed by atoms with Crippen molar-refractivity contribution in [2.75, 3.05) is 19.4 Å². The summed E-state index contributed by atoms with van der Waals surface area (Å²) in [4.78, 5) is 9.20. The molecule has 0 N–H and O–H groups in total. The molecule has 5 heteroatoms. The van der Waals surface area contributed by atoms with Gasteiger partial charge >= 0.3 is 0 Å². The maximum absolute atomic E-state index is 5.92. The van der Waals surface area contributed by atoms with Crippen LogP contribution in [0.15, 0.2) is 36.7 Å². The Morgan fingerprint density at radius 3 is 2.20 bits per heavy atom. The lowest BCUT2D eigenvalue weighted by Gasteiger charge is -2.09. The number of nitrogens with zero attached hydrogens (tertiary/aromatic N) is 2. The smallest absolute Gasteiger partial charge is 0.159 e.